The van der Waals surface area contributed by atoms with Crippen molar-refractivity contribution in [1.29, 1.82) is 0 Å². The van der Waals surface area contributed by atoms with Gasteiger partial charge in [0.05, 0.1) is 0 Å². The van der Waals surface area contributed by atoms with Gasteiger partial charge in [0, 0.05) is 0 Å². The number of hydrogen-bond acceptors (Lipinski definition) is 1. The lowest BCUT2D eigenvalue weighted by Crippen LogP contribution is -2.30. The van der Waals surface area contributed by atoms with Gasteiger partial charge in [-0.2, -0.15) is 0 Å². The number of aromatic hydroxyl groups is 1. The normalized spacial score (nSPS) is 32.6. The highest BCUT2D eigenvalue weighted by Gasteiger charge is 2.35. The van der Waals surface area contributed by atoms with Gasteiger partial charge in [-0.1, -0.05) is 44.7 Å². The quantitative estimate of drug-likeness (QED) is 0.732. The van der Waals surface area contributed by atoms with Crippen molar-refractivity contribution in [2.75, 3.05) is 0 Å². The molecular formula is C20H30O. The van der Waals surface area contributed by atoms with E-state index in [4.69, 9.17) is 0 Å². The van der Waals surface area contributed by atoms with E-state index in [1.165, 1.54) is 63.4 Å². The lowest BCUT2D eigenvalue weighted by Gasteiger charge is -2.42. The van der Waals surface area contributed by atoms with Crippen molar-refractivity contribution in [3.05, 3.63) is 29.8 Å². The predicted octanol–water partition coefficient (Wildman–Crippen LogP) is 5.88. The van der Waals surface area contributed by atoms with E-state index < -0.39 is 0 Å². The molecule has 1 unspecified atom stereocenters. The number of phenolic OH excluding ortho intramolecular Hbond substituents is 1. The molecule has 116 valence electrons. The summed E-state index contributed by atoms with van der Waals surface area (Å²) in [6, 6.07) is 7.96. The third kappa shape index (κ3) is 3.62. The minimum Gasteiger partial charge on any atom is -0.508 e. The molecule has 0 heterocycles. The summed E-state index contributed by atoms with van der Waals surface area (Å²) in [6.07, 6.45) is 12.9. The lowest BCUT2D eigenvalue weighted by atomic mass is 9.63. The second kappa shape index (κ2) is 6.85. The third-order valence-electron chi connectivity index (χ3n) is 6.05. The molecule has 0 aliphatic heterocycles. The number of benzene rings is 1. The molecule has 1 heteroatoms. The molecule has 1 nitrogen and oxygen atoms in total. The van der Waals surface area contributed by atoms with Gasteiger partial charge in [0.25, 0.3) is 0 Å². The van der Waals surface area contributed by atoms with Gasteiger partial charge in [-0.3, -0.25) is 0 Å². The zero-order valence-electron chi connectivity index (χ0n) is 13.4. The lowest BCUT2D eigenvalue weighted by molar-refractivity contribution is 0.113. The van der Waals surface area contributed by atoms with Gasteiger partial charge in [0.2, 0.25) is 0 Å². The summed E-state index contributed by atoms with van der Waals surface area (Å²) < 4.78 is 0. The Morgan fingerprint density at radius 1 is 0.952 bits per heavy atom. The summed E-state index contributed by atoms with van der Waals surface area (Å²) in [5.74, 6) is 4.13. The molecule has 0 amide bonds. The van der Waals surface area contributed by atoms with Gasteiger partial charge in [-0.15, -0.1) is 0 Å². The van der Waals surface area contributed by atoms with E-state index in [9.17, 15) is 5.11 Å². The number of hydrogen-bond donors (Lipinski definition) is 1. The van der Waals surface area contributed by atoms with E-state index in [1.54, 1.807) is 0 Å². The molecule has 21 heavy (non-hydrogen) atoms. The molecule has 1 aromatic carbocycles. The van der Waals surface area contributed by atoms with Gasteiger partial charge in [0.1, 0.15) is 5.75 Å². The summed E-state index contributed by atoms with van der Waals surface area (Å²) in [5.41, 5.74) is 1.44. The molecule has 0 saturated heterocycles. The Labute approximate surface area is 129 Å². The molecule has 3 rings (SSSR count). The van der Waals surface area contributed by atoms with Gasteiger partial charge in [-0.25, -0.2) is 0 Å². The molecule has 0 radical (unpaired) electrons. The van der Waals surface area contributed by atoms with Crippen LogP contribution in [0.3, 0.4) is 0 Å². The maximum Gasteiger partial charge on any atom is 0.115 e. The molecule has 4 atom stereocenters. The molecule has 0 bridgehead atoms. The molecule has 1 aromatic rings. The van der Waals surface area contributed by atoms with Crippen LogP contribution in [-0.2, 0) is 0 Å². The van der Waals surface area contributed by atoms with Crippen molar-refractivity contribution >= 4 is 0 Å². The number of fused-ring (bicyclic) bond motifs is 1. The van der Waals surface area contributed by atoms with Gasteiger partial charge in [-0.05, 0) is 73.5 Å². The Balaban J connectivity index is 1.56. The Bertz CT molecular complexity index is 436. The Hall–Kier alpha value is -0.980. The van der Waals surface area contributed by atoms with E-state index in [-0.39, 0.29) is 0 Å². The molecule has 0 aromatic heterocycles. The van der Waals surface area contributed by atoms with Gasteiger partial charge >= 0.3 is 0 Å². The van der Waals surface area contributed by atoms with E-state index in [0.717, 1.165) is 23.7 Å². The standard InChI is InChI=1S/C20H30O/c1-2-3-4-15-5-6-19-14-18(8-7-17(19)13-15)16-9-11-20(21)12-10-16/h9-12,15,17-19,21H,2-8,13-14H2,1H3/t15?,17-,18-,19-/m1/s1. The summed E-state index contributed by atoms with van der Waals surface area (Å²) in [7, 11) is 0. The highest BCUT2D eigenvalue weighted by atomic mass is 16.3. The number of unbranched alkanes of at least 4 members (excludes halogenated alkanes) is 1. The van der Waals surface area contributed by atoms with Crippen molar-refractivity contribution in [2.45, 2.75) is 70.6 Å². The summed E-state index contributed by atoms with van der Waals surface area (Å²) in [5, 5.41) is 9.44. The largest absolute Gasteiger partial charge is 0.508 e. The van der Waals surface area contributed by atoms with Crippen LogP contribution < -0.4 is 0 Å². The first kappa shape index (κ1) is 14.9. The Morgan fingerprint density at radius 3 is 2.43 bits per heavy atom. The van der Waals surface area contributed by atoms with Crippen LogP contribution in [-0.4, -0.2) is 5.11 Å². The average molecular weight is 286 g/mol. The van der Waals surface area contributed by atoms with Crippen molar-refractivity contribution < 1.29 is 5.11 Å². The summed E-state index contributed by atoms with van der Waals surface area (Å²) in [6.45, 7) is 2.31. The third-order valence-corrected chi connectivity index (χ3v) is 6.05. The Morgan fingerprint density at radius 2 is 1.67 bits per heavy atom. The highest BCUT2D eigenvalue weighted by Crippen LogP contribution is 2.48. The number of rotatable bonds is 4. The molecule has 2 aliphatic rings. The maximum absolute atomic E-state index is 9.44. The second-order valence-electron chi connectivity index (χ2n) is 7.44. The molecule has 2 saturated carbocycles. The van der Waals surface area contributed by atoms with E-state index >= 15 is 0 Å². The van der Waals surface area contributed by atoms with Crippen LogP contribution in [0.5, 0.6) is 5.75 Å². The summed E-state index contributed by atoms with van der Waals surface area (Å²) in [4.78, 5) is 0. The predicted molar refractivity (Wildman–Crippen MR) is 88.5 cm³/mol. The van der Waals surface area contributed by atoms with Crippen LogP contribution in [0.4, 0.5) is 0 Å². The van der Waals surface area contributed by atoms with Crippen molar-refractivity contribution in [3.63, 3.8) is 0 Å². The zero-order chi connectivity index (χ0) is 14.7. The van der Waals surface area contributed by atoms with Crippen LogP contribution in [0.1, 0.15) is 76.2 Å². The monoisotopic (exact) mass is 286 g/mol. The first-order valence-corrected chi connectivity index (χ1v) is 9.05. The smallest absolute Gasteiger partial charge is 0.115 e. The van der Waals surface area contributed by atoms with Crippen molar-refractivity contribution in [1.82, 2.24) is 0 Å². The van der Waals surface area contributed by atoms with Crippen LogP contribution in [0.25, 0.3) is 0 Å². The SMILES string of the molecule is CCCCC1CC[C@@H]2C[C@H](c3ccc(O)cc3)CC[C@@H]2C1. The minimum absolute atomic E-state index is 0.392. The van der Waals surface area contributed by atoms with E-state index in [2.05, 4.69) is 19.1 Å². The fourth-order valence-electron chi connectivity index (χ4n) is 4.79. The zero-order valence-corrected chi connectivity index (χ0v) is 13.4. The molecule has 2 fully saturated rings. The topological polar surface area (TPSA) is 20.2 Å². The van der Waals surface area contributed by atoms with E-state index in [1.807, 2.05) is 12.1 Å². The first-order valence-electron chi connectivity index (χ1n) is 9.05. The van der Waals surface area contributed by atoms with Crippen LogP contribution in [0.2, 0.25) is 0 Å². The van der Waals surface area contributed by atoms with Gasteiger partial charge < -0.3 is 5.11 Å². The molecule has 1 N–H and O–H groups in total. The summed E-state index contributed by atoms with van der Waals surface area (Å²) >= 11 is 0. The van der Waals surface area contributed by atoms with Crippen LogP contribution in [0, 0.1) is 17.8 Å². The average Bonchev–Trinajstić information content (AvgIpc) is 2.53. The fraction of sp³-hybridized carbons (Fsp3) is 0.700. The van der Waals surface area contributed by atoms with Crippen LogP contribution in [0.15, 0.2) is 24.3 Å². The molecular weight excluding hydrogens is 256 g/mol. The number of phenols is 1. The van der Waals surface area contributed by atoms with Gasteiger partial charge in [0.15, 0.2) is 0 Å². The highest BCUT2D eigenvalue weighted by molar-refractivity contribution is 5.28. The fourth-order valence-corrected chi connectivity index (χ4v) is 4.79. The van der Waals surface area contributed by atoms with Crippen molar-refractivity contribution in [2.24, 2.45) is 17.8 Å². The second-order valence-corrected chi connectivity index (χ2v) is 7.44. The van der Waals surface area contributed by atoms with E-state index in [0.29, 0.717) is 5.75 Å². The first-order chi connectivity index (χ1) is 10.3. The Kier molecular flexibility index (Phi) is 4.87. The maximum atomic E-state index is 9.44. The van der Waals surface area contributed by atoms with Crippen molar-refractivity contribution in [3.8, 4) is 5.75 Å². The molecule has 0 spiro atoms. The molecule has 2 aliphatic carbocycles. The minimum atomic E-state index is 0.392. The van der Waals surface area contributed by atoms with Crippen LogP contribution >= 0.6 is 0 Å².